The maximum absolute atomic E-state index is 13.6. The number of thiol groups is 2. The van der Waals surface area contributed by atoms with Crippen molar-refractivity contribution in [3.8, 4) is 0 Å². The molecule has 0 aliphatic carbocycles. The number of carbonyl (C=O) groups is 11. The van der Waals surface area contributed by atoms with Gasteiger partial charge in [-0.2, -0.15) is 25.3 Å². The highest BCUT2D eigenvalue weighted by molar-refractivity contribution is 7.80. The Kier molecular flexibility index (Phi) is 24.8. The Bertz CT molecular complexity index is 1960. The minimum Gasteiger partial charge on any atom is -0.481 e. The van der Waals surface area contributed by atoms with Gasteiger partial charge in [0.2, 0.25) is 53.2 Å². The van der Waals surface area contributed by atoms with Crippen LogP contribution in [0.15, 0.2) is 30.3 Å². The lowest BCUT2D eigenvalue weighted by atomic mass is 10.0. The molecule has 0 unspecified atom stereocenters. The summed E-state index contributed by atoms with van der Waals surface area (Å²) in [5.41, 5.74) is 6.91. The molecule has 1 heterocycles. The molecule has 1 aromatic rings. The van der Waals surface area contributed by atoms with Crippen LogP contribution >= 0.6 is 25.3 Å². The van der Waals surface area contributed by atoms with E-state index in [9.17, 15) is 63.0 Å². The van der Waals surface area contributed by atoms with Crippen LogP contribution < -0.4 is 48.3 Å². The van der Waals surface area contributed by atoms with Crippen molar-refractivity contribution >= 4 is 90.4 Å². The van der Waals surface area contributed by atoms with Crippen LogP contribution in [0.25, 0.3) is 0 Å². The molecule has 1 saturated heterocycles. The monoisotopic (exact) mass is 996 g/mol. The van der Waals surface area contributed by atoms with Gasteiger partial charge >= 0.3 is 11.9 Å². The molecule has 13 N–H and O–H groups in total. The Morgan fingerprint density at radius 2 is 1.29 bits per heavy atom. The molecule has 0 aromatic heterocycles. The fraction of sp³-hybridized carbons (Fsp3) is 0.595. The van der Waals surface area contributed by atoms with Crippen molar-refractivity contribution < 1.29 is 68.1 Å². The number of nitrogens with one attached hydrogen (secondary N) is 8. The smallest absolute Gasteiger partial charge is 0.326 e. The molecule has 0 spiro atoms. The van der Waals surface area contributed by atoms with Crippen LogP contribution in [0.5, 0.6) is 0 Å². The van der Waals surface area contributed by atoms with Gasteiger partial charge in [0.15, 0.2) is 0 Å². The molecule has 68 heavy (non-hydrogen) atoms. The van der Waals surface area contributed by atoms with Crippen LogP contribution in [-0.4, -0.2) is 171 Å². The third-order valence-corrected chi connectivity index (χ3v) is 11.1. The average molecular weight is 997 g/mol. The van der Waals surface area contributed by atoms with Crippen LogP contribution in [0.1, 0.15) is 65.4 Å². The molecule has 1 fully saturated rings. The van der Waals surface area contributed by atoms with Crippen molar-refractivity contribution in [1.82, 2.24) is 47.4 Å². The number of benzene rings is 1. The van der Waals surface area contributed by atoms with Crippen LogP contribution in [-0.2, 0) is 59.2 Å². The van der Waals surface area contributed by atoms with E-state index in [-0.39, 0.29) is 43.2 Å². The number of likely N-dealkylation sites (tertiary alicyclic amines) is 1. The first kappa shape index (κ1) is 58.1. The van der Waals surface area contributed by atoms with Crippen molar-refractivity contribution in [3.05, 3.63) is 35.9 Å². The Labute approximate surface area is 404 Å². The number of rotatable bonds is 28. The van der Waals surface area contributed by atoms with Gasteiger partial charge in [0.1, 0.15) is 42.3 Å². The Hall–Kier alpha value is -5.99. The first-order chi connectivity index (χ1) is 32.0. The summed E-state index contributed by atoms with van der Waals surface area (Å²) in [7, 11) is 0. The van der Waals surface area contributed by atoms with Crippen molar-refractivity contribution in [2.45, 2.75) is 121 Å². The second-order valence-corrected chi connectivity index (χ2v) is 17.2. The summed E-state index contributed by atoms with van der Waals surface area (Å²) in [6, 6.07) is -1.32. The van der Waals surface area contributed by atoms with Gasteiger partial charge in [0.05, 0.1) is 25.2 Å². The van der Waals surface area contributed by atoms with Crippen LogP contribution in [0.3, 0.4) is 0 Å². The molecule has 1 aromatic carbocycles. The van der Waals surface area contributed by atoms with Gasteiger partial charge in [0, 0.05) is 24.5 Å². The number of aliphatic hydroxyl groups excluding tert-OH is 1. The van der Waals surface area contributed by atoms with E-state index in [1.165, 1.54) is 13.8 Å². The van der Waals surface area contributed by atoms with Crippen molar-refractivity contribution in [2.75, 3.05) is 31.1 Å². The third kappa shape index (κ3) is 19.7. The second-order valence-electron chi connectivity index (χ2n) is 16.5. The number of nitrogens with two attached hydrogens (primary N) is 1. The zero-order valence-electron chi connectivity index (χ0n) is 38.2. The van der Waals surface area contributed by atoms with E-state index >= 15 is 0 Å². The molecule has 378 valence electrons. The summed E-state index contributed by atoms with van der Waals surface area (Å²) in [6.45, 7) is 4.97. The predicted molar refractivity (Wildman–Crippen MR) is 249 cm³/mol. The molecular formula is C42H64N10O14S2. The number of carboxylic acids is 2. The van der Waals surface area contributed by atoms with E-state index < -0.39 is 145 Å². The highest BCUT2D eigenvalue weighted by Gasteiger charge is 2.41. The molecule has 9 amide bonds. The molecule has 2 rings (SSSR count). The van der Waals surface area contributed by atoms with E-state index in [0.717, 1.165) is 10.5 Å². The minimum absolute atomic E-state index is 0.00403. The molecule has 24 nitrogen and oxygen atoms in total. The summed E-state index contributed by atoms with van der Waals surface area (Å²) >= 11 is 8.20. The normalized spacial score (nSPS) is 16.8. The van der Waals surface area contributed by atoms with Crippen LogP contribution in [0.2, 0.25) is 0 Å². The minimum atomic E-state index is -1.64. The lowest BCUT2D eigenvalue weighted by Crippen LogP contribution is -2.61. The van der Waals surface area contributed by atoms with Crippen LogP contribution in [0, 0.1) is 5.92 Å². The Morgan fingerprint density at radius 1 is 0.706 bits per heavy atom. The van der Waals surface area contributed by atoms with E-state index in [2.05, 4.69) is 67.8 Å². The molecule has 26 heteroatoms. The second kappa shape index (κ2) is 29.0. The number of aliphatic hydroxyl groups is 1. The molecular weight excluding hydrogens is 933 g/mol. The predicted octanol–water partition coefficient (Wildman–Crippen LogP) is -4.06. The molecule has 0 bridgehead atoms. The summed E-state index contributed by atoms with van der Waals surface area (Å²) in [4.78, 5) is 141. The molecule has 1 aliphatic rings. The number of carbonyl (C=O) groups excluding carboxylic acids is 9. The van der Waals surface area contributed by atoms with Gasteiger partial charge < -0.3 is 68.5 Å². The number of carboxylic acid groups (broad SMARTS) is 2. The maximum Gasteiger partial charge on any atom is 0.326 e. The standard InChI is InChI=1S/C42H64N10O14S2/c1-21(2)15-27(49-36(59)25(43)16-24-9-6-5-7-10-24)37(60)45-17-31(54)44-18-32(55)47-28(19-67)38(61)46-22(3)35(58)50-29(20-68)39(62)51-34(23(4)53)41(64)52-14-8-11-30(52)40(63)48-26(42(65)66)12-13-33(56)57/h5-7,9-10,21-23,25-30,34,53,67-68H,8,11-20,43H2,1-4H3,(H,44,54)(H,45,60)(H,46,61)(H,47,55)(H,48,63)(H,49,59)(H,50,58)(H,51,62)(H,56,57)(H,65,66)/t22-,23+,25-,26-,27-,28-,29-,30-,34-/m0/s1. The fourth-order valence-electron chi connectivity index (χ4n) is 6.70. The van der Waals surface area contributed by atoms with Gasteiger partial charge in [-0.15, -0.1) is 0 Å². The Morgan fingerprint density at radius 3 is 1.87 bits per heavy atom. The largest absolute Gasteiger partial charge is 0.481 e. The number of aliphatic carboxylic acids is 2. The maximum atomic E-state index is 13.6. The van der Waals surface area contributed by atoms with Gasteiger partial charge in [-0.1, -0.05) is 44.2 Å². The van der Waals surface area contributed by atoms with Crippen molar-refractivity contribution in [1.29, 1.82) is 0 Å². The summed E-state index contributed by atoms with van der Waals surface area (Å²) in [5, 5.41) is 47.9. The molecule has 9 atom stereocenters. The number of hydrogen-bond donors (Lipinski definition) is 14. The zero-order valence-corrected chi connectivity index (χ0v) is 40.0. The van der Waals surface area contributed by atoms with E-state index in [4.69, 9.17) is 10.8 Å². The number of amides is 9. The lowest BCUT2D eigenvalue weighted by molar-refractivity contribution is -0.146. The quantitative estimate of drug-likeness (QED) is 0.0356. The van der Waals surface area contributed by atoms with Crippen LogP contribution in [0.4, 0.5) is 0 Å². The molecule has 1 aliphatic heterocycles. The number of nitrogens with zero attached hydrogens (tertiary/aromatic N) is 1. The summed E-state index contributed by atoms with van der Waals surface area (Å²) < 4.78 is 0. The van der Waals surface area contributed by atoms with Gasteiger partial charge in [-0.25, -0.2) is 4.79 Å². The topological polar surface area (TPSA) is 374 Å². The fourth-order valence-corrected chi connectivity index (χ4v) is 7.22. The van der Waals surface area contributed by atoms with Gasteiger partial charge in [0.25, 0.3) is 0 Å². The van der Waals surface area contributed by atoms with E-state index in [0.29, 0.717) is 6.42 Å². The SMILES string of the molecule is CC(C)C[C@H](NC(=O)[C@@H](N)Cc1ccccc1)C(=O)NCC(=O)NCC(=O)N[C@@H](CS)C(=O)N[C@@H](C)C(=O)N[C@@H](CS)C(=O)N[C@H](C(=O)N1CCC[C@H]1C(=O)N[C@@H](CCC(=O)O)C(=O)O)[C@@H](C)O. The highest BCUT2D eigenvalue weighted by Crippen LogP contribution is 2.20. The highest BCUT2D eigenvalue weighted by atomic mass is 32.1. The first-order valence-corrected chi connectivity index (χ1v) is 23.1. The molecule has 0 saturated carbocycles. The van der Waals surface area contributed by atoms with Crippen molar-refractivity contribution in [3.63, 3.8) is 0 Å². The lowest BCUT2D eigenvalue weighted by Gasteiger charge is -2.31. The average Bonchev–Trinajstić information content (AvgIpc) is 3.78. The van der Waals surface area contributed by atoms with Gasteiger partial charge in [-0.3, -0.25) is 47.9 Å². The van der Waals surface area contributed by atoms with Gasteiger partial charge in [-0.05, 0) is 57.4 Å². The molecule has 0 radical (unpaired) electrons. The summed E-state index contributed by atoms with van der Waals surface area (Å²) in [6.07, 6.45) is -1.59. The first-order valence-electron chi connectivity index (χ1n) is 21.8. The summed E-state index contributed by atoms with van der Waals surface area (Å²) in [5.74, 6) is -10.7. The van der Waals surface area contributed by atoms with E-state index in [1.807, 2.05) is 44.2 Å². The Balaban J connectivity index is 1.91. The number of hydrogen-bond acceptors (Lipinski definition) is 15. The van der Waals surface area contributed by atoms with Crippen molar-refractivity contribution in [2.24, 2.45) is 11.7 Å². The van der Waals surface area contributed by atoms with E-state index in [1.54, 1.807) is 0 Å². The third-order valence-electron chi connectivity index (χ3n) is 10.4. The zero-order chi connectivity index (χ0) is 51.2.